The zero-order chi connectivity index (χ0) is 10.7. The van der Waals surface area contributed by atoms with Crippen molar-refractivity contribution in [2.75, 3.05) is 0 Å². The predicted octanol–water partition coefficient (Wildman–Crippen LogP) is 4.92. The molecule has 0 aliphatic rings. The molecule has 78 valence electrons. The summed E-state index contributed by atoms with van der Waals surface area (Å²) in [5, 5.41) is 2.81. The van der Waals surface area contributed by atoms with E-state index in [9.17, 15) is 0 Å². The van der Waals surface area contributed by atoms with Crippen molar-refractivity contribution in [3.8, 4) is 0 Å². The van der Waals surface area contributed by atoms with Crippen LogP contribution in [0.25, 0.3) is 0 Å². The van der Waals surface area contributed by atoms with Crippen molar-refractivity contribution in [3.63, 3.8) is 0 Å². The first-order chi connectivity index (χ1) is 7.25. The van der Waals surface area contributed by atoms with E-state index in [1.807, 2.05) is 30.3 Å². The maximum atomic E-state index is 6.32. The summed E-state index contributed by atoms with van der Waals surface area (Å²) in [6.07, 6.45) is 0.861. The van der Waals surface area contributed by atoms with Gasteiger partial charge in [0.1, 0.15) is 0 Å². The van der Waals surface area contributed by atoms with Gasteiger partial charge in [-0.05, 0) is 29.1 Å². The Bertz CT molecular complexity index is 423. The van der Waals surface area contributed by atoms with Gasteiger partial charge in [-0.3, -0.25) is 0 Å². The van der Waals surface area contributed by atoms with Gasteiger partial charge in [-0.2, -0.15) is 0 Å². The van der Waals surface area contributed by atoms with Gasteiger partial charge in [0.15, 0.2) is 0 Å². The van der Waals surface area contributed by atoms with Gasteiger partial charge in [0.05, 0.1) is 5.38 Å². The van der Waals surface area contributed by atoms with Crippen LogP contribution in [-0.2, 0) is 6.42 Å². The molecule has 0 spiro atoms. The predicted molar refractivity (Wildman–Crippen MR) is 68.1 cm³/mol. The van der Waals surface area contributed by atoms with E-state index in [4.69, 9.17) is 23.2 Å². The minimum absolute atomic E-state index is 0.00218. The third-order valence-corrected chi connectivity index (χ3v) is 3.71. The molecule has 1 heterocycles. The van der Waals surface area contributed by atoms with E-state index in [2.05, 4.69) is 11.4 Å². The third kappa shape index (κ3) is 2.97. The Morgan fingerprint density at radius 1 is 1.20 bits per heavy atom. The van der Waals surface area contributed by atoms with E-state index in [1.54, 1.807) is 11.3 Å². The highest BCUT2D eigenvalue weighted by molar-refractivity contribution is 7.09. The number of hydrogen-bond acceptors (Lipinski definition) is 1. The summed E-state index contributed by atoms with van der Waals surface area (Å²) < 4.78 is 0. The maximum Gasteiger partial charge on any atom is 0.0633 e. The first-order valence-corrected chi connectivity index (χ1v) is 6.37. The van der Waals surface area contributed by atoms with Crippen LogP contribution in [0.3, 0.4) is 0 Å². The van der Waals surface area contributed by atoms with E-state index in [0.29, 0.717) is 0 Å². The second-order valence-corrected chi connectivity index (χ2v) is 5.30. The van der Waals surface area contributed by atoms with Crippen LogP contribution in [0.1, 0.15) is 15.8 Å². The second-order valence-electron chi connectivity index (χ2n) is 3.31. The van der Waals surface area contributed by atoms with E-state index in [1.165, 1.54) is 4.88 Å². The van der Waals surface area contributed by atoms with E-state index >= 15 is 0 Å². The highest BCUT2D eigenvalue weighted by Crippen LogP contribution is 2.28. The van der Waals surface area contributed by atoms with Crippen LogP contribution < -0.4 is 0 Å². The van der Waals surface area contributed by atoms with E-state index in [-0.39, 0.29) is 5.38 Å². The fourth-order valence-corrected chi connectivity index (χ4v) is 2.77. The molecule has 0 bridgehead atoms. The van der Waals surface area contributed by atoms with Crippen molar-refractivity contribution in [2.45, 2.75) is 11.8 Å². The van der Waals surface area contributed by atoms with Crippen LogP contribution in [0.15, 0.2) is 41.8 Å². The van der Waals surface area contributed by atoms with Crippen LogP contribution in [0.2, 0.25) is 5.02 Å². The number of rotatable bonds is 3. The standard InChI is InChI=1S/C12H10Cl2S/c13-10-4-1-3-9(7-10)12(14)8-11-5-2-6-15-11/h1-7,12H,8H2. The Labute approximate surface area is 103 Å². The quantitative estimate of drug-likeness (QED) is 0.684. The molecular formula is C12H10Cl2S. The van der Waals surface area contributed by atoms with Crippen molar-refractivity contribution in [1.29, 1.82) is 0 Å². The monoisotopic (exact) mass is 256 g/mol. The van der Waals surface area contributed by atoms with Crippen LogP contribution in [0.4, 0.5) is 0 Å². The Morgan fingerprint density at radius 3 is 2.73 bits per heavy atom. The number of alkyl halides is 1. The molecule has 0 amide bonds. The van der Waals surface area contributed by atoms with E-state index < -0.39 is 0 Å². The molecule has 0 aliphatic heterocycles. The fraction of sp³-hybridized carbons (Fsp3) is 0.167. The highest BCUT2D eigenvalue weighted by Gasteiger charge is 2.09. The molecule has 2 rings (SSSR count). The summed E-state index contributed by atoms with van der Waals surface area (Å²) in [5.74, 6) is 0. The van der Waals surface area contributed by atoms with Crippen LogP contribution in [-0.4, -0.2) is 0 Å². The smallest absolute Gasteiger partial charge is 0.0633 e. The Hall–Kier alpha value is -0.500. The van der Waals surface area contributed by atoms with Gasteiger partial charge < -0.3 is 0 Å². The normalized spacial score (nSPS) is 12.7. The van der Waals surface area contributed by atoms with Crippen LogP contribution in [0, 0.1) is 0 Å². The number of benzene rings is 1. The Balaban J connectivity index is 2.11. The molecule has 0 radical (unpaired) electrons. The highest BCUT2D eigenvalue weighted by atomic mass is 35.5. The molecule has 2 aromatic rings. The molecule has 0 nitrogen and oxygen atoms in total. The SMILES string of the molecule is Clc1cccc(C(Cl)Cc2cccs2)c1. The molecule has 0 saturated carbocycles. The average molecular weight is 257 g/mol. The third-order valence-electron chi connectivity index (χ3n) is 2.17. The summed E-state index contributed by atoms with van der Waals surface area (Å²) in [5.41, 5.74) is 1.08. The van der Waals surface area contributed by atoms with Crippen molar-refractivity contribution >= 4 is 34.5 Å². The van der Waals surface area contributed by atoms with Crippen LogP contribution >= 0.6 is 34.5 Å². The summed E-state index contributed by atoms with van der Waals surface area (Å²) in [6, 6.07) is 11.9. The van der Waals surface area contributed by atoms with Gasteiger partial charge in [-0.15, -0.1) is 22.9 Å². The van der Waals surface area contributed by atoms with Crippen molar-refractivity contribution in [2.24, 2.45) is 0 Å². The average Bonchev–Trinajstić information content (AvgIpc) is 2.70. The fourth-order valence-electron chi connectivity index (χ4n) is 1.42. The zero-order valence-corrected chi connectivity index (χ0v) is 10.3. The summed E-state index contributed by atoms with van der Waals surface area (Å²) in [6.45, 7) is 0. The lowest BCUT2D eigenvalue weighted by Crippen LogP contribution is -1.93. The molecule has 0 aliphatic carbocycles. The van der Waals surface area contributed by atoms with Crippen molar-refractivity contribution in [1.82, 2.24) is 0 Å². The molecule has 1 aromatic heterocycles. The minimum atomic E-state index is 0.00218. The van der Waals surface area contributed by atoms with Gasteiger partial charge >= 0.3 is 0 Å². The largest absolute Gasteiger partial charge is 0.149 e. The molecule has 1 atom stereocenters. The molecule has 15 heavy (non-hydrogen) atoms. The Morgan fingerprint density at radius 2 is 2.07 bits per heavy atom. The minimum Gasteiger partial charge on any atom is -0.149 e. The summed E-state index contributed by atoms with van der Waals surface area (Å²) in [4.78, 5) is 1.30. The van der Waals surface area contributed by atoms with Gasteiger partial charge in [0.25, 0.3) is 0 Å². The van der Waals surface area contributed by atoms with Crippen molar-refractivity contribution in [3.05, 3.63) is 57.2 Å². The van der Waals surface area contributed by atoms with E-state index in [0.717, 1.165) is 17.0 Å². The first-order valence-electron chi connectivity index (χ1n) is 4.67. The van der Waals surface area contributed by atoms with Crippen LogP contribution in [0.5, 0.6) is 0 Å². The maximum absolute atomic E-state index is 6.32. The lowest BCUT2D eigenvalue weighted by Gasteiger charge is -2.08. The lowest BCUT2D eigenvalue weighted by molar-refractivity contribution is 0.938. The molecular weight excluding hydrogens is 247 g/mol. The topological polar surface area (TPSA) is 0 Å². The molecule has 0 saturated heterocycles. The number of hydrogen-bond donors (Lipinski definition) is 0. The summed E-state index contributed by atoms with van der Waals surface area (Å²) in [7, 11) is 0. The summed E-state index contributed by atoms with van der Waals surface area (Å²) >= 11 is 14.0. The zero-order valence-electron chi connectivity index (χ0n) is 7.99. The lowest BCUT2D eigenvalue weighted by atomic mass is 10.1. The van der Waals surface area contributed by atoms with Gasteiger partial charge in [-0.1, -0.05) is 29.8 Å². The molecule has 0 fully saturated rings. The first kappa shape index (κ1) is 11.0. The number of halogens is 2. The molecule has 0 N–H and O–H groups in total. The van der Waals surface area contributed by atoms with Crippen molar-refractivity contribution < 1.29 is 0 Å². The van der Waals surface area contributed by atoms with Gasteiger partial charge in [-0.25, -0.2) is 0 Å². The Kier molecular flexibility index (Phi) is 3.68. The van der Waals surface area contributed by atoms with Gasteiger partial charge in [0.2, 0.25) is 0 Å². The molecule has 1 unspecified atom stereocenters. The number of thiophene rings is 1. The molecule has 1 aromatic carbocycles. The second kappa shape index (κ2) is 5.02. The van der Waals surface area contributed by atoms with Gasteiger partial charge in [0, 0.05) is 16.3 Å². The molecule has 3 heteroatoms.